The van der Waals surface area contributed by atoms with E-state index in [1.54, 1.807) is 0 Å². The number of oxazole rings is 1. The average Bonchev–Trinajstić information content (AvgIpc) is 2.74. The largest absolute Gasteiger partial charge is 0.423 e. The van der Waals surface area contributed by atoms with Gasteiger partial charge in [-0.1, -0.05) is 6.07 Å². The number of anilines is 2. The summed E-state index contributed by atoms with van der Waals surface area (Å²) in [7, 11) is 6.12. The van der Waals surface area contributed by atoms with Crippen LogP contribution in [-0.2, 0) is 0 Å². The molecule has 18 heavy (non-hydrogen) atoms. The Hall–Kier alpha value is -1.75. The average molecular weight is 248 g/mol. The van der Waals surface area contributed by atoms with Gasteiger partial charge in [0.1, 0.15) is 5.52 Å². The van der Waals surface area contributed by atoms with Gasteiger partial charge in [0, 0.05) is 13.6 Å². The van der Waals surface area contributed by atoms with Crippen molar-refractivity contribution in [3.05, 3.63) is 18.2 Å². The molecule has 2 aromatic rings. The lowest BCUT2D eigenvalue weighted by molar-refractivity contribution is 0.399. The van der Waals surface area contributed by atoms with Crippen LogP contribution in [0.15, 0.2) is 22.6 Å². The number of benzene rings is 1. The third-order valence-electron chi connectivity index (χ3n) is 2.86. The van der Waals surface area contributed by atoms with Crippen LogP contribution in [0.2, 0.25) is 0 Å². The Morgan fingerprint density at radius 3 is 2.67 bits per heavy atom. The third-order valence-corrected chi connectivity index (χ3v) is 2.86. The van der Waals surface area contributed by atoms with Crippen molar-refractivity contribution in [3.63, 3.8) is 0 Å². The van der Waals surface area contributed by atoms with Crippen LogP contribution in [0.5, 0.6) is 0 Å². The highest BCUT2D eigenvalue weighted by atomic mass is 16.4. The Morgan fingerprint density at radius 1 is 1.22 bits per heavy atom. The molecule has 1 aromatic heterocycles. The zero-order chi connectivity index (χ0) is 13.1. The van der Waals surface area contributed by atoms with Gasteiger partial charge in [-0.05, 0) is 39.2 Å². The summed E-state index contributed by atoms with van der Waals surface area (Å²) in [6.45, 7) is 1.96. The Bertz CT molecular complexity index is 521. The molecular formula is C13H20N4O. The first-order chi connectivity index (χ1) is 8.58. The summed E-state index contributed by atoms with van der Waals surface area (Å²) in [4.78, 5) is 8.61. The first-order valence-corrected chi connectivity index (χ1v) is 6.09. The summed E-state index contributed by atoms with van der Waals surface area (Å²) in [5.74, 6) is 0. The summed E-state index contributed by atoms with van der Waals surface area (Å²) in [6, 6.07) is 6.22. The quantitative estimate of drug-likeness (QED) is 0.818. The molecule has 1 heterocycles. The molecular weight excluding hydrogens is 228 g/mol. The number of hydrogen-bond acceptors (Lipinski definition) is 5. The van der Waals surface area contributed by atoms with Crippen molar-refractivity contribution < 1.29 is 4.42 Å². The molecule has 0 aliphatic heterocycles. The van der Waals surface area contributed by atoms with Crippen molar-refractivity contribution in [2.24, 2.45) is 0 Å². The molecule has 0 radical (unpaired) electrons. The Balaban J connectivity index is 2.08. The fraction of sp³-hybridized carbons (Fsp3) is 0.462. The van der Waals surface area contributed by atoms with E-state index >= 15 is 0 Å². The lowest BCUT2D eigenvalue weighted by Gasteiger charge is -2.15. The molecule has 0 atom stereocenters. The molecule has 0 amide bonds. The standard InChI is InChI=1S/C13H20N4O/c1-16(2)8-5-9-17(3)13-15-12-10(14)6-4-7-11(12)18-13/h4,6-7H,5,8-9,14H2,1-3H3. The fourth-order valence-electron chi connectivity index (χ4n) is 1.84. The first-order valence-electron chi connectivity index (χ1n) is 6.09. The molecule has 5 heteroatoms. The number of rotatable bonds is 5. The van der Waals surface area contributed by atoms with E-state index in [-0.39, 0.29) is 0 Å². The second kappa shape index (κ2) is 5.27. The summed E-state index contributed by atoms with van der Waals surface area (Å²) in [5.41, 5.74) is 8.00. The van der Waals surface area contributed by atoms with Crippen LogP contribution in [0.1, 0.15) is 6.42 Å². The van der Waals surface area contributed by atoms with Gasteiger partial charge < -0.3 is 20.0 Å². The third kappa shape index (κ3) is 2.73. The van der Waals surface area contributed by atoms with Crippen molar-refractivity contribution in [1.29, 1.82) is 0 Å². The van der Waals surface area contributed by atoms with Gasteiger partial charge in [0.15, 0.2) is 5.58 Å². The van der Waals surface area contributed by atoms with Gasteiger partial charge in [-0.15, -0.1) is 0 Å². The van der Waals surface area contributed by atoms with E-state index in [2.05, 4.69) is 24.0 Å². The van der Waals surface area contributed by atoms with Gasteiger partial charge >= 0.3 is 0 Å². The molecule has 0 aliphatic carbocycles. The predicted octanol–water partition coefficient (Wildman–Crippen LogP) is 1.80. The molecule has 0 bridgehead atoms. The van der Waals surface area contributed by atoms with E-state index in [0.717, 1.165) is 30.6 Å². The normalized spacial score (nSPS) is 11.3. The lowest BCUT2D eigenvalue weighted by Crippen LogP contribution is -2.23. The lowest BCUT2D eigenvalue weighted by atomic mass is 10.3. The summed E-state index contributed by atoms with van der Waals surface area (Å²) >= 11 is 0. The van der Waals surface area contributed by atoms with E-state index in [0.29, 0.717) is 11.7 Å². The van der Waals surface area contributed by atoms with Crippen LogP contribution < -0.4 is 10.6 Å². The fourth-order valence-corrected chi connectivity index (χ4v) is 1.84. The van der Waals surface area contributed by atoms with Crippen LogP contribution in [0.25, 0.3) is 11.1 Å². The number of nitrogen functional groups attached to an aromatic ring is 1. The minimum atomic E-state index is 0.627. The predicted molar refractivity (Wildman–Crippen MR) is 74.9 cm³/mol. The number of hydrogen-bond donors (Lipinski definition) is 1. The maximum Gasteiger partial charge on any atom is 0.298 e. The van der Waals surface area contributed by atoms with Gasteiger partial charge in [0.25, 0.3) is 6.01 Å². The van der Waals surface area contributed by atoms with Crippen LogP contribution in [0.4, 0.5) is 11.7 Å². The van der Waals surface area contributed by atoms with Gasteiger partial charge in [-0.2, -0.15) is 4.98 Å². The van der Waals surface area contributed by atoms with Crippen molar-refractivity contribution in [1.82, 2.24) is 9.88 Å². The van der Waals surface area contributed by atoms with E-state index in [1.165, 1.54) is 0 Å². The highest BCUT2D eigenvalue weighted by Gasteiger charge is 2.11. The minimum absolute atomic E-state index is 0.627. The smallest absolute Gasteiger partial charge is 0.298 e. The van der Waals surface area contributed by atoms with Crippen LogP contribution in [-0.4, -0.2) is 44.1 Å². The highest BCUT2D eigenvalue weighted by molar-refractivity contribution is 5.86. The number of nitrogens with two attached hydrogens (primary N) is 1. The number of fused-ring (bicyclic) bond motifs is 1. The monoisotopic (exact) mass is 248 g/mol. The van der Waals surface area contributed by atoms with E-state index < -0.39 is 0 Å². The SMILES string of the molecule is CN(C)CCCN(C)c1nc2c(N)cccc2o1. The number of para-hydroxylation sites is 1. The molecule has 5 nitrogen and oxygen atoms in total. The summed E-state index contributed by atoms with van der Waals surface area (Å²) < 4.78 is 5.69. The molecule has 0 saturated heterocycles. The zero-order valence-electron chi connectivity index (χ0n) is 11.2. The first kappa shape index (κ1) is 12.7. The van der Waals surface area contributed by atoms with Gasteiger partial charge in [0.05, 0.1) is 5.69 Å². The van der Waals surface area contributed by atoms with Crippen LogP contribution in [0, 0.1) is 0 Å². The van der Waals surface area contributed by atoms with E-state index in [9.17, 15) is 0 Å². The van der Waals surface area contributed by atoms with Crippen molar-refractivity contribution in [2.75, 3.05) is 44.9 Å². The second-order valence-corrected chi connectivity index (χ2v) is 4.77. The van der Waals surface area contributed by atoms with E-state index in [1.807, 2.05) is 30.1 Å². The van der Waals surface area contributed by atoms with Gasteiger partial charge in [0.2, 0.25) is 0 Å². The van der Waals surface area contributed by atoms with Crippen molar-refractivity contribution >= 4 is 22.8 Å². The van der Waals surface area contributed by atoms with Crippen molar-refractivity contribution in [2.45, 2.75) is 6.42 Å². The van der Waals surface area contributed by atoms with Crippen LogP contribution in [0.3, 0.4) is 0 Å². The topological polar surface area (TPSA) is 58.5 Å². The van der Waals surface area contributed by atoms with E-state index in [4.69, 9.17) is 10.2 Å². The molecule has 98 valence electrons. The highest BCUT2D eigenvalue weighted by Crippen LogP contribution is 2.25. The number of nitrogens with zero attached hydrogens (tertiary/aromatic N) is 3. The molecule has 0 unspecified atom stereocenters. The Morgan fingerprint density at radius 2 is 2.00 bits per heavy atom. The van der Waals surface area contributed by atoms with Gasteiger partial charge in [-0.3, -0.25) is 0 Å². The maximum atomic E-state index is 5.86. The van der Waals surface area contributed by atoms with Crippen LogP contribution >= 0.6 is 0 Å². The molecule has 0 aliphatic rings. The number of aromatic nitrogens is 1. The second-order valence-electron chi connectivity index (χ2n) is 4.77. The molecule has 2 rings (SSSR count). The maximum absolute atomic E-state index is 5.86. The Kier molecular flexibility index (Phi) is 3.72. The molecule has 0 spiro atoms. The van der Waals surface area contributed by atoms with Crippen molar-refractivity contribution in [3.8, 4) is 0 Å². The minimum Gasteiger partial charge on any atom is -0.423 e. The Labute approximate surface area is 107 Å². The molecule has 0 saturated carbocycles. The van der Waals surface area contributed by atoms with Gasteiger partial charge in [-0.25, -0.2) is 0 Å². The zero-order valence-corrected chi connectivity index (χ0v) is 11.2. The summed E-state index contributed by atoms with van der Waals surface area (Å²) in [5, 5.41) is 0. The summed E-state index contributed by atoms with van der Waals surface area (Å²) in [6.07, 6.45) is 1.07. The molecule has 0 fully saturated rings. The molecule has 2 N–H and O–H groups in total. The molecule has 1 aromatic carbocycles.